The fraction of sp³-hybridized carbons (Fsp3) is 0.333. The van der Waals surface area contributed by atoms with E-state index in [1.54, 1.807) is 6.07 Å². The molecule has 4 nitrogen and oxygen atoms in total. The minimum atomic E-state index is -0.225. The molecule has 0 radical (unpaired) electrons. The summed E-state index contributed by atoms with van der Waals surface area (Å²) in [5, 5.41) is 6.69. The van der Waals surface area contributed by atoms with E-state index in [2.05, 4.69) is 26.4 Å². The van der Waals surface area contributed by atoms with Crippen LogP contribution >= 0.6 is 15.9 Å². The highest BCUT2D eigenvalue weighted by molar-refractivity contribution is 9.10. The van der Waals surface area contributed by atoms with E-state index >= 15 is 0 Å². The van der Waals surface area contributed by atoms with Crippen molar-refractivity contribution < 1.29 is 9.32 Å². The second kappa shape index (κ2) is 5.40. The number of benzene rings is 1. The zero-order valence-electron chi connectivity index (χ0n) is 12.0. The fourth-order valence-electron chi connectivity index (χ4n) is 1.68. The zero-order chi connectivity index (χ0) is 14.9. The molecule has 106 valence electrons. The predicted molar refractivity (Wildman–Crippen MR) is 82.0 cm³/mol. The summed E-state index contributed by atoms with van der Waals surface area (Å²) < 4.78 is 5.90. The summed E-state index contributed by atoms with van der Waals surface area (Å²) in [5.41, 5.74) is 2.28. The second-order valence-corrected chi connectivity index (χ2v) is 6.62. The van der Waals surface area contributed by atoms with Crippen molar-refractivity contribution >= 4 is 27.7 Å². The van der Waals surface area contributed by atoms with Gasteiger partial charge in [0.25, 0.3) is 5.91 Å². The molecule has 0 saturated heterocycles. The number of hydrogen-bond donors (Lipinski definition) is 1. The zero-order valence-corrected chi connectivity index (χ0v) is 13.5. The van der Waals surface area contributed by atoms with E-state index in [0.29, 0.717) is 11.4 Å². The number of anilines is 1. The van der Waals surface area contributed by atoms with Crippen LogP contribution in [-0.4, -0.2) is 11.1 Å². The van der Waals surface area contributed by atoms with Crippen molar-refractivity contribution in [2.75, 3.05) is 5.32 Å². The lowest BCUT2D eigenvalue weighted by Gasteiger charge is -2.12. The highest BCUT2D eigenvalue weighted by Crippen LogP contribution is 2.25. The Bertz CT molecular complexity index is 642. The van der Waals surface area contributed by atoms with Crippen LogP contribution in [0.2, 0.25) is 0 Å². The molecule has 2 aromatic rings. The van der Waals surface area contributed by atoms with Crippen molar-refractivity contribution in [2.45, 2.75) is 33.1 Å². The van der Waals surface area contributed by atoms with E-state index in [4.69, 9.17) is 4.52 Å². The predicted octanol–water partition coefficient (Wildman–Crippen LogP) is 4.30. The summed E-state index contributed by atoms with van der Waals surface area (Å²) in [5.74, 6) is 0.130. The normalized spacial score (nSPS) is 11.4. The van der Waals surface area contributed by atoms with Crippen molar-refractivity contribution in [1.29, 1.82) is 0 Å². The number of amides is 1. The van der Waals surface area contributed by atoms with Gasteiger partial charge in [-0.15, -0.1) is 0 Å². The van der Waals surface area contributed by atoms with Gasteiger partial charge in [0.15, 0.2) is 0 Å². The summed E-state index contributed by atoms with van der Waals surface area (Å²) >= 11 is 3.37. The van der Waals surface area contributed by atoms with Gasteiger partial charge in [-0.05, 0) is 35.0 Å². The monoisotopic (exact) mass is 336 g/mol. The van der Waals surface area contributed by atoms with Crippen LogP contribution in [0.5, 0.6) is 0 Å². The standard InChI is InChI=1S/C15H17BrN2O2/c1-9-5-6-11(16)10(7-9)14(19)17-13-8-12(18-20-13)15(2,3)4/h5-8H,1-4H3,(H,17,19). The molecule has 1 N–H and O–H groups in total. The Balaban J connectivity index is 2.20. The van der Waals surface area contributed by atoms with Gasteiger partial charge in [0.2, 0.25) is 5.88 Å². The van der Waals surface area contributed by atoms with Gasteiger partial charge in [-0.3, -0.25) is 10.1 Å². The summed E-state index contributed by atoms with van der Waals surface area (Å²) in [6, 6.07) is 7.36. The van der Waals surface area contributed by atoms with Gasteiger partial charge in [0.1, 0.15) is 0 Å². The van der Waals surface area contributed by atoms with Crippen LogP contribution in [0.1, 0.15) is 42.4 Å². The first-order valence-electron chi connectivity index (χ1n) is 6.32. The first-order chi connectivity index (χ1) is 9.27. The molecule has 2 rings (SSSR count). The molecule has 0 aliphatic rings. The lowest BCUT2D eigenvalue weighted by molar-refractivity contribution is 0.102. The van der Waals surface area contributed by atoms with Crippen LogP contribution in [0.15, 0.2) is 33.3 Å². The SMILES string of the molecule is Cc1ccc(Br)c(C(=O)Nc2cc(C(C)(C)C)no2)c1. The molecule has 1 amide bonds. The van der Waals surface area contributed by atoms with Crippen molar-refractivity contribution in [3.05, 3.63) is 45.6 Å². The van der Waals surface area contributed by atoms with Crippen LogP contribution in [0.3, 0.4) is 0 Å². The molecule has 0 spiro atoms. The largest absolute Gasteiger partial charge is 0.338 e. The first-order valence-corrected chi connectivity index (χ1v) is 7.11. The summed E-state index contributed by atoms with van der Waals surface area (Å²) in [6.45, 7) is 8.05. The van der Waals surface area contributed by atoms with Gasteiger partial charge in [0, 0.05) is 16.0 Å². The van der Waals surface area contributed by atoms with Crippen LogP contribution in [0, 0.1) is 6.92 Å². The summed E-state index contributed by atoms with van der Waals surface area (Å²) in [7, 11) is 0. The van der Waals surface area contributed by atoms with Gasteiger partial charge in [-0.1, -0.05) is 37.6 Å². The van der Waals surface area contributed by atoms with Gasteiger partial charge < -0.3 is 4.52 Å². The van der Waals surface area contributed by atoms with Crippen LogP contribution < -0.4 is 5.32 Å². The minimum absolute atomic E-state index is 0.115. The number of hydrogen-bond acceptors (Lipinski definition) is 3. The minimum Gasteiger partial charge on any atom is -0.338 e. The molecule has 1 aromatic heterocycles. The van der Waals surface area contributed by atoms with Crippen LogP contribution in [0.25, 0.3) is 0 Å². The molecular formula is C15H17BrN2O2. The number of carbonyl (C=O) groups is 1. The van der Waals surface area contributed by atoms with Crippen LogP contribution in [-0.2, 0) is 5.41 Å². The second-order valence-electron chi connectivity index (χ2n) is 5.76. The van der Waals surface area contributed by atoms with Crippen molar-refractivity contribution in [3.8, 4) is 0 Å². The quantitative estimate of drug-likeness (QED) is 0.889. The highest BCUT2D eigenvalue weighted by atomic mass is 79.9. The molecule has 0 unspecified atom stereocenters. The van der Waals surface area contributed by atoms with Crippen LogP contribution in [0.4, 0.5) is 5.88 Å². The van der Waals surface area contributed by atoms with E-state index < -0.39 is 0 Å². The van der Waals surface area contributed by atoms with E-state index in [9.17, 15) is 4.79 Å². The molecule has 1 heterocycles. The summed E-state index contributed by atoms with van der Waals surface area (Å²) in [4.78, 5) is 12.2. The molecule has 0 bridgehead atoms. The first kappa shape index (κ1) is 14.8. The van der Waals surface area contributed by atoms with Gasteiger partial charge in [0.05, 0.1) is 11.3 Å². The fourth-order valence-corrected chi connectivity index (χ4v) is 2.11. The maximum Gasteiger partial charge on any atom is 0.259 e. The third-order valence-electron chi connectivity index (χ3n) is 2.88. The number of halogens is 1. The third kappa shape index (κ3) is 3.28. The summed E-state index contributed by atoms with van der Waals surface area (Å²) in [6.07, 6.45) is 0. The third-order valence-corrected chi connectivity index (χ3v) is 3.57. The Hall–Kier alpha value is -1.62. The Morgan fingerprint density at radius 2 is 2.00 bits per heavy atom. The number of nitrogens with one attached hydrogen (secondary N) is 1. The Labute approximate surface area is 126 Å². The number of carbonyl (C=O) groups excluding carboxylic acids is 1. The number of nitrogens with zero attached hydrogens (tertiary/aromatic N) is 1. The number of rotatable bonds is 2. The molecule has 0 aliphatic carbocycles. The lowest BCUT2D eigenvalue weighted by Crippen LogP contribution is -2.13. The average Bonchev–Trinajstić information content (AvgIpc) is 2.80. The van der Waals surface area contributed by atoms with E-state index in [1.165, 1.54) is 0 Å². The average molecular weight is 337 g/mol. The maximum absolute atomic E-state index is 12.2. The molecular weight excluding hydrogens is 320 g/mol. The smallest absolute Gasteiger partial charge is 0.259 e. The van der Waals surface area contributed by atoms with E-state index in [1.807, 2.05) is 45.9 Å². The molecule has 20 heavy (non-hydrogen) atoms. The molecule has 0 atom stereocenters. The van der Waals surface area contributed by atoms with Crippen molar-refractivity contribution in [3.63, 3.8) is 0 Å². The molecule has 0 saturated carbocycles. The molecule has 0 aliphatic heterocycles. The number of aryl methyl sites for hydroxylation is 1. The lowest BCUT2D eigenvalue weighted by atomic mass is 9.92. The Morgan fingerprint density at radius 3 is 2.60 bits per heavy atom. The van der Waals surface area contributed by atoms with Gasteiger partial charge in [-0.2, -0.15) is 0 Å². The van der Waals surface area contributed by atoms with E-state index in [0.717, 1.165) is 15.7 Å². The molecule has 5 heteroatoms. The van der Waals surface area contributed by atoms with Gasteiger partial charge in [-0.25, -0.2) is 0 Å². The maximum atomic E-state index is 12.2. The van der Waals surface area contributed by atoms with Crippen molar-refractivity contribution in [1.82, 2.24) is 5.16 Å². The number of aromatic nitrogens is 1. The van der Waals surface area contributed by atoms with Gasteiger partial charge >= 0.3 is 0 Å². The molecule has 0 fully saturated rings. The Morgan fingerprint density at radius 1 is 1.30 bits per heavy atom. The highest BCUT2D eigenvalue weighted by Gasteiger charge is 2.20. The topological polar surface area (TPSA) is 55.1 Å². The van der Waals surface area contributed by atoms with Crippen molar-refractivity contribution in [2.24, 2.45) is 0 Å². The van der Waals surface area contributed by atoms with E-state index in [-0.39, 0.29) is 11.3 Å². The molecule has 1 aromatic carbocycles. The Kier molecular flexibility index (Phi) is 3.99.